The van der Waals surface area contributed by atoms with Gasteiger partial charge in [0.1, 0.15) is 11.2 Å². The lowest BCUT2D eigenvalue weighted by Gasteiger charge is -2.62. The number of hydrogen-bond acceptors (Lipinski definition) is 5. The number of carbonyl (C=O) groups is 2. The SMILES string of the molecule is C[C@@H]1[C@@H](Nc2ncc3c(n2)N(C2CCCC2)C(=O)[C@]2(CCNC2=O)C3)C[C@H]2C[C@@H]1C2(C)C. The van der Waals surface area contributed by atoms with Crippen LogP contribution in [0.3, 0.4) is 0 Å². The van der Waals surface area contributed by atoms with Gasteiger partial charge in [-0.25, -0.2) is 4.98 Å². The summed E-state index contributed by atoms with van der Waals surface area (Å²) in [4.78, 5) is 38.0. The normalized spacial score (nSPS) is 37.9. The molecule has 0 unspecified atom stereocenters. The zero-order valence-corrected chi connectivity index (χ0v) is 19.5. The number of hydrogen-bond donors (Lipinski definition) is 2. The van der Waals surface area contributed by atoms with E-state index in [1.54, 1.807) is 0 Å². The van der Waals surface area contributed by atoms with Gasteiger partial charge in [0, 0.05) is 36.8 Å². The average molecular weight is 438 g/mol. The van der Waals surface area contributed by atoms with Gasteiger partial charge in [0.25, 0.3) is 0 Å². The number of amides is 2. The van der Waals surface area contributed by atoms with Gasteiger partial charge in [-0.3, -0.25) is 14.5 Å². The first-order valence-corrected chi connectivity index (χ1v) is 12.6. The molecule has 0 aromatic carbocycles. The van der Waals surface area contributed by atoms with Crippen molar-refractivity contribution in [2.45, 2.75) is 84.2 Å². The summed E-state index contributed by atoms with van der Waals surface area (Å²) in [6.45, 7) is 7.74. The summed E-state index contributed by atoms with van der Waals surface area (Å²) in [6.07, 6.45) is 9.53. The number of fused-ring (bicyclic) bond motifs is 3. The predicted molar refractivity (Wildman–Crippen MR) is 122 cm³/mol. The largest absolute Gasteiger partial charge is 0.355 e. The molecule has 3 heterocycles. The highest BCUT2D eigenvalue weighted by Gasteiger charge is 2.57. The van der Waals surface area contributed by atoms with Crippen LogP contribution in [0.4, 0.5) is 11.8 Å². The van der Waals surface area contributed by atoms with Crippen LogP contribution >= 0.6 is 0 Å². The van der Waals surface area contributed by atoms with E-state index in [0.29, 0.717) is 42.7 Å². The summed E-state index contributed by atoms with van der Waals surface area (Å²) in [5, 5.41) is 6.53. The summed E-state index contributed by atoms with van der Waals surface area (Å²) < 4.78 is 0. The van der Waals surface area contributed by atoms with E-state index >= 15 is 0 Å². The molecular weight excluding hydrogens is 402 g/mol. The third-order valence-electron chi connectivity index (χ3n) is 9.82. The van der Waals surface area contributed by atoms with Crippen molar-refractivity contribution in [3.05, 3.63) is 11.8 Å². The van der Waals surface area contributed by atoms with Crippen molar-refractivity contribution in [2.24, 2.45) is 28.6 Å². The highest BCUT2D eigenvalue weighted by atomic mass is 16.2. The predicted octanol–water partition coefficient (Wildman–Crippen LogP) is 3.30. The molecule has 7 heteroatoms. The second kappa shape index (κ2) is 6.91. The van der Waals surface area contributed by atoms with Crippen molar-refractivity contribution < 1.29 is 9.59 Å². The van der Waals surface area contributed by atoms with Gasteiger partial charge in [-0.05, 0) is 55.3 Å². The Morgan fingerprint density at radius 3 is 2.62 bits per heavy atom. The van der Waals surface area contributed by atoms with Crippen molar-refractivity contribution in [3.63, 3.8) is 0 Å². The molecule has 1 aromatic heterocycles. The minimum absolute atomic E-state index is 0.0504. The summed E-state index contributed by atoms with van der Waals surface area (Å²) in [5.74, 6) is 3.26. The van der Waals surface area contributed by atoms with Crippen molar-refractivity contribution in [2.75, 3.05) is 16.8 Å². The van der Waals surface area contributed by atoms with Crippen molar-refractivity contribution in [1.82, 2.24) is 15.3 Å². The molecule has 5 fully saturated rings. The molecule has 2 N–H and O–H groups in total. The Kier molecular flexibility index (Phi) is 4.41. The summed E-state index contributed by atoms with van der Waals surface area (Å²) in [5.41, 5.74) is 0.397. The zero-order chi connectivity index (χ0) is 22.3. The molecule has 6 aliphatic rings. The molecule has 2 amide bonds. The first-order valence-electron chi connectivity index (χ1n) is 12.6. The fraction of sp³-hybridized carbons (Fsp3) is 0.760. The van der Waals surface area contributed by atoms with Gasteiger partial charge in [-0.1, -0.05) is 33.6 Å². The lowest BCUT2D eigenvalue weighted by Crippen LogP contribution is -2.58. The molecule has 4 saturated carbocycles. The summed E-state index contributed by atoms with van der Waals surface area (Å²) in [7, 11) is 0. The van der Waals surface area contributed by atoms with Gasteiger partial charge in [0.05, 0.1) is 0 Å². The zero-order valence-electron chi connectivity index (χ0n) is 19.5. The third kappa shape index (κ3) is 2.72. The van der Waals surface area contributed by atoms with E-state index in [4.69, 9.17) is 4.98 Å². The molecule has 172 valence electrons. The molecule has 7 nitrogen and oxygen atoms in total. The Balaban J connectivity index is 1.32. The molecule has 2 aliphatic heterocycles. The number of anilines is 2. The number of nitrogens with one attached hydrogen (secondary N) is 2. The number of aromatic nitrogens is 2. The Morgan fingerprint density at radius 2 is 1.97 bits per heavy atom. The van der Waals surface area contributed by atoms with Crippen LogP contribution in [-0.2, 0) is 16.0 Å². The molecule has 0 radical (unpaired) electrons. The van der Waals surface area contributed by atoms with Crippen LogP contribution in [-0.4, -0.2) is 40.4 Å². The highest BCUT2D eigenvalue weighted by molar-refractivity contribution is 6.14. The minimum atomic E-state index is -0.974. The lowest BCUT2D eigenvalue weighted by atomic mass is 9.45. The van der Waals surface area contributed by atoms with E-state index in [0.717, 1.165) is 55.3 Å². The second-order valence-corrected chi connectivity index (χ2v) is 11.6. The third-order valence-corrected chi connectivity index (χ3v) is 9.82. The first kappa shape index (κ1) is 20.4. The Labute approximate surface area is 190 Å². The van der Waals surface area contributed by atoms with Gasteiger partial charge >= 0.3 is 0 Å². The maximum atomic E-state index is 13.8. The number of nitrogens with zero attached hydrogens (tertiary/aromatic N) is 3. The molecule has 7 rings (SSSR count). The molecule has 2 bridgehead atoms. The average Bonchev–Trinajstić information content (AvgIpc) is 3.41. The second-order valence-electron chi connectivity index (χ2n) is 11.6. The van der Waals surface area contributed by atoms with Gasteiger partial charge < -0.3 is 10.6 Å². The quantitative estimate of drug-likeness (QED) is 0.709. The van der Waals surface area contributed by atoms with Crippen LogP contribution in [0.2, 0.25) is 0 Å². The van der Waals surface area contributed by atoms with Gasteiger partial charge in [-0.15, -0.1) is 0 Å². The summed E-state index contributed by atoms with van der Waals surface area (Å²) in [6, 6.07) is 0.507. The van der Waals surface area contributed by atoms with E-state index in [1.807, 2.05) is 11.1 Å². The van der Waals surface area contributed by atoms with Crippen molar-refractivity contribution in [3.8, 4) is 0 Å². The monoisotopic (exact) mass is 437 g/mol. The van der Waals surface area contributed by atoms with Crippen LogP contribution in [0.1, 0.15) is 71.3 Å². The lowest BCUT2D eigenvalue weighted by molar-refractivity contribution is -0.140. The van der Waals surface area contributed by atoms with Crippen LogP contribution in [0.5, 0.6) is 0 Å². The molecule has 1 spiro atoms. The highest BCUT2D eigenvalue weighted by Crippen LogP contribution is 2.61. The number of carbonyl (C=O) groups excluding carboxylic acids is 2. The Morgan fingerprint density at radius 1 is 1.19 bits per heavy atom. The van der Waals surface area contributed by atoms with Crippen LogP contribution in [0.15, 0.2) is 6.20 Å². The molecular formula is C25H35N5O2. The van der Waals surface area contributed by atoms with Crippen molar-refractivity contribution in [1.29, 1.82) is 0 Å². The fourth-order valence-corrected chi connectivity index (χ4v) is 7.58. The van der Waals surface area contributed by atoms with E-state index in [9.17, 15) is 9.59 Å². The molecule has 1 saturated heterocycles. The van der Waals surface area contributed by atoms with E-state index in [-0.39, 0.29) is 17.9 Å². The van der Waals surface area contributed by atoms with E-state index in [2.05, 4.69) is 36.4 Å². The van der Waals surface area contributed by atoms with E-state index < -0.39 is 5.41 Å². The van der Waals surface area contributed by atoms with Gasteiger partial charge in [0.15, 0.2) is 0 Å². The molecule has 4 aliphatic carbocycles. The Bertz CT molecular complexity index is 971. The molecule has 32 heavy (non-hydrogen) atoms. The fourth-order valence-electron chi connectivity index (χ4n) is 7.58. The molecule has 1 aromatic rings. The first-order chi connectivity index (χ1) is 15.3. The smallest absolute Gasteiger partial charge is 0.244 e. The Hall–Kier alpha value is -2.18. The minimum Gasteiger partial charge on any atom is -0.355 e. The maximum absolute atomic E-state index is 13.8. The van der Waals surface area contributed by atoms with E-state index in [1.165, 1.54) is 6.42 Å². The van der Waals surface area contributed by atoms with Gasteiger partial charge in [0.2, 0.25) is 17.8 Å². The van der Waals surface area contributed by atoms with Crippen LogP contribution in [0, 0.1) is 28.6 Å². The summed E-state index contributed by atoms with van der Waals surface area (Å²) >= 11 is 0. The number of rotatable bonds is 3. The standard InChI is InChI=1S/C25H35N5O2/c1-14-18-10-16(24(18,2)3)11-19(14)28-23-27-13-15-12-25(8-9-26-21(25)31)22(32)30(20(15)29-23)17-6-4-5-7-17/h13-14,16-19H,4-12H2,1-3H3,(H,26,31)(H,27,28,29)/t14-,16+,18-,19-,25+/m0/s1. The van der Waals surface area contributed by atoms with Crippen LogP contribution < -0.4 is 15.5 Å². The van der Waals surface area contributed by atoms with Crippen molar-refractivity contribution >= 4 is 23.6 Å². The van der Waals surface area contributed by atoms with Crippen LogP contribution in [0.25, 0.3) is 0 Å². The topological polar surface area (TPSA) is 87.2 Å². The van der Waals surface area contributed by atoms with Gasteiger partial charge in [-0.2, -0.15) is 4.98 Å². The maximum Gasteiger partial charge on any atom is 0.244 e. The molecule has 5 atom stereocenters.